The summed E-state index contributed by atoms with van der Waals surface area (Å²) in [6.07, 6.45) is 37.8. The van der Waals surface area contributed by atoms with Gasteiger partial charge in [-0.2, -0.15) is 4.90 Å². The monoisotopic (exact) mass is 2440 g/mol. The minimum absolute atomic E-state index is 0. The standard InChI is InChI=1S/C26H30ClN9OS2.C22H22ClN9S.C21H26IN7OS.C16H25N3OS.C5H2ClIN4.C5H5ClN2S.2CH4.B2.Na/c1-25(2,3)39(37)34-21-16-5-4-9-29-17(16)13-26(21)7-11-35(12-8-26)24-31-14-19(23-33-32-15-36(23)24)38-18-6-10-30-22(28)20(18)27;23-17-15(3-7-27-19(17)25)33-16-11-28-21(32-12-29-30-20(16)32)31-8-4-22(5-9-31)10-14-13(18(22)24)2-1-6-26-14;1-20(2,3)31(30)27-17-14-5-4-8-23-16(14)11-21(17)6-9-28(10-7-21)19-24-12-15(22)18-26-25-13-29(18)19;1-15(2,3)21(20)19-14-12-5-4-8-18-13(12)11-16(14)6-9-17-10-7-16;6-5-8-1-3(7)4-10-9-2-11(4)5;6-4-3(9)1-2-8-5(4)7;;;1-2;/h4-6,9-10,14-15,21,34H,7-8,11-13H2,1-3H3,(H2,28,30);1-3,6-7,11-12,18H,4-5,8-10,24H2,(H2,25,27);4-5,8,12-13,17,27H,6-7,9-11H2,1-3H3;4-5,8,14,17,19H,6-7,9-11H2,1-3H3;1-2H;1-2H,(H3,7,8,9);2*1H4;;/q;;;;;;;;;+1/p-1/t21-,39-;18-;17-,31?;14-,21-;;;;;;/m1111....../s1. The first kappa shape index (κ1) is 116. The SMILES string of the molecule is C.C.CC(C)(C)S(=O)N[C@@H]1c2cccnc2CC12CCN(c1ncc(I)c3nncn13)CC2.CC(C)(C)[S@@](=O)N[C@@H]1c2cccnc2CC12CCN(c1ncc(Sc3ccnc(N)c3Cl)c3nncn13)CC2.CC(C)(C)[S@@](=O)N[C@@H]1c2cccnc2CC12CCNCC2.Clc1ncc(I)c2nncn12.Nc1nccc(Sc2cnc(N3CCC4(CC3)Cc3ncccc3[C@H]4N)n3cnnc23)c1Cl.Nc1nccc([S-])c1Cl.[B][B].[Na+]. The van der Waals surface area contributed by atoms with Crippen LogP contribution in [0.25, 0.3) is 22.6 Å². The second-order valence-electron chi connectivity index (χ2n) is 39.8. The van der Waals surface area contributed by atoms with Gasteiger partial charge in [0, 0.05) is 162 Å². The first-order chi connectivity index (χ1) is 69.9. The zero-order valence-corrected chi connectivity index (χ0v) is 96.7. The third-order valence-corrected chi connectivity index (χ3v) is 38.3. The number of nitrogens with one attached hydrogen (secondary N) is 4. The Kier molecular flexibility index (Phi) is 38.6. The topological polar surface area (TPSA) is 476 Å². The molecule has 8 aliphatic rings. The van der Waals surface area contributed by atoms with Crippen LogP contribution in [0.1, 0.15) is 198 Å². The Labute approximate surface area is 960 Å². The van der Waals surface area contributed by atoms with Crippen molar-refractivity contribution in [3.8, 4) is 0 Å². The normalized spacial score (nSPS) is 18.9. The van der Waals surface area contributed by atoms with Gasteiger partial charge in [0.2, 0.25) is 23.1 Å². The molecule has 15 aromatic heterocycles. The largest absolute Gasteiger partial charge is 1.00 e. The zero-order chi connectivity index (χ0) is 104. The molecule has 0 aromatic carbocycles. The predicted octanol–water partition coefficient (Wildman–Crippen LogP) is 12.7. The number of rotatable bonds is 13. The molecule has 0 bridgehead atoms. The van der Waals surface area contributed by atoms with E-state index in [1.54, 1.807) is 48.0 Å². The van der Waals surface area contributed by atoms with Gasteiger partial charge in [-0.15, -0.1) is 40.8 Å². The molecule has 0 saturated carbocycles. The van der Waals surface area contributed by atoms with Gasteiger partial charge >= 0.3 is 29.6 Å². The summed E-state index contributed by atoms with van der Waals surface area (Å²) in [7, 11) is 4.60. The van der Waals surface area contributed by atoms with Crippen molar-refractivity contribution in [3.63, 3.8) is 0 Å². The van der Waals surface area contributed by atoms with E-state index in [2.05, 4.69) is 205 Å². The van der Waals surface area contributed by atoms with Gasteiger partial charge in [-0.3, -0.25) is 28.7 Å². The number of nitrogens with two attached hydrogens (primary N) is 4. The van der Waals surface area contributed by atoms with Crippen LogP contribution in [0.5, 0.6) is 0 Å². The van der Waals surface area contributed by atoms with Crippen molar-refractivity contribution in [2.75, 3.05) is 84.3 Å². The van der Waals surface area contributed by atoms with Crippen LogP contribution in [0.4, 0.5) is 35.3 Å². The molecule has 4 radical (unpaired) electrons. The summed E-state index contributed by atoms with van der Waals surface area (Å²) >= 11 is 36.1. The Morgan fingerprint density at radius 3 is 1.08 bits per heavy atom. The maximum Gasteiger partial charge on any atom is 1.00 e. The molecule has 4 fully saturated rings. The Balaban J connectivity index is 0.000000147. The van der Waals surface area contributed by atoms with Crippen molar-refractivity contribution in [3.05, 3.63) is 233 Å². The van der Waals surface area contributed by atoms with Gasteiger partial charge < -0.3 is 55.6 Å². The van der Waals surface area contributed by atoms with Gasteiger partial charge in [0.25, 0.3) is 0 Å². The molecule has 778 valence electrons. The Morgan fingerprint density at radius 2 is 0.718 bits per heavy atom. The molecule has 23 rings (SSSR count). The first-order valence-electron chi connectivity index (χ1n) is 47.2. The summed E-state index contributed by atoms with van der Waals surface area (Å²) in [6.45, 7) is 25.2. The van der Waals surface area contributed by atoms with E-state index < -0.39 is 33.0 Å². The summed E-state index contributed by atoms with van der Waals surface area (Å²) in [5, 5.41) is 37.9. The summed E-state index contributed by atoms with van der Waals surface area (Å²) < 4.78 is 57.7. The fourth-order valence-electron chi connectivity index (χ4n) is 19.9. The van der Waals surface area contributed by atoms with Crippen LogP contribution in [0.3, 0.4) is 0 Å². The predicted molar refractivity (Wildman–Crippen MR) is 610 cm³/mol. The van der Waals surface area contributed by atoms with E-state index in [-0.39, 0.29) is 110 Å². The van der Waals surface area contributed by atoms with Crippen molar-refractivity contribution in [1.29, 1.82) is 0 Å². The molecular weight excluding hydrogens is 2320 g/mol. The van der Waals surface area contributed by atoms with E-state index in [0.717, 1.165) is 208 Å². The van der Waals surface area contributed by atoms with Crippen molar-refractivity contribution < 1.29 is 42.2 Å². The maximum absolute atomic E-state index is 13.2. The molecule has 4 spiro atoms. The number of aromatic nitrogens is 23. The molecular formula is C97H117B2Cl4I2N34NaO3S6. The van der Waals surface area contributed by atoms with E-state index >= 15 is 0 Å². The maximum atomic E-state index is 13.2. The van der Waals surface area contributed by atoms with Gasteiger partial charge in [0.15, 0.2) is 22.6 Å². The number of halogens is 6. The average Bonchev–Trinajstić information content (AvgIpc) is 1.57. The molecule has 1 unspecified atom stereocenters. The summed E-state index contributed by atoms with van der Waals surface area (Å²) in [5.41, 5.74) is 36.3. The van der Waals surface area contributed by atoms with E-state index in [9.17, 15) is 12.6 Å². The van der Waals surface area contributed by atoms with Crippen molar-refractivity contribution in [2.45, 2.75) is 217 Å². The van der Waals surface area contributed by atoms with Crippen LogP contribution < -0.4 is 86.7 Å². The third kappa shape index (κ3) is 25.1. The Hall–Kier alpha value is -8.03. The number of hydrogen-bond acceptors (Lipinski definition) is 33. The van der Waals surface area contributed by atoms with Crippen LogP contribution in [0.15, 0.2) is 185 Å². The molecule has 7 atom stereocenters. The van der Waals surface area contributed by atoms with Crippen LogP contribution in [-0.2, 0) is 71.3 Å². The van der Waals surface area contributed by atoms with E-state index in [1.165, 1.54) is 64.0 Å². The second-order valence-corrected chi connectivity index (χ2v) is 52.1. The zero-order valence-electron chi connectivity index (χ0n) is 82.5. The van der Waals surface area contributed by atoms with Gasteiger partial charge in [-0.1, -0.05) is 104 Å². The number of fused-ring (bicyclic) bond motifs is 8. The minimum Gasteiger partial charge on any atom is -0.778 e. The molecule has 37 nitrogen and oxygen atoms in total. The number of piperidine rings is 4. The van der Waals surface area contributed by atoms with Crippen molar-refractivity contribution >= 4 is 234 Å². The van der Waals surface area contributed by atoms with Crippen LogP contribution in [-0.4, -0.2) is 208 Å². The van der Waals surface area contributed by atoms with E-state index in [1.807, 2.05) is 155 Å². The fraction of sp³-hybridized carbons (Fsp3) is 0.433. The van der Waals surface area contributed by atoms with Gasteiger partial charge in [-0.25, -0.2) is 70.5 Å². The van der Waals surface area contributed by atoms with Crippen LogP contribution in [0, 0.1) is 28.8 Å². The molecule has 52 heteroatoms. The quantitative estimate of drug-likeness (QED) is 0.0230. The molecule has 15 aromatic rings. The first-order valence-corrected chi connectivity index (χ1v) is 56.4. The summed E-state index contributed by atoms with van der Waals surface area (Å²) in [6, 6.07) is 22.0. The second kappa shape index (κ2) is 49.4. The molecule has 0 amide bonds. The number of nitrogens with zero attached hydrogens (tertiary/aromatic N) is 26. The van der Waals surface area contributed by atoms with Crippen molar-refractivity contribution in [1.82, 2.24) is 133 Å². The van der Waals surface area contributed by atoms with Gasteiger partial charge in [-0.05, 0) is 290 Å². The van der Waals surface area contributed by atoms with Crippen LogP contribution in [0.2, 0.25) is 20.4 Å². The molecule has 4 aliphatic heterocycles. The fourth-order valence-corrected chi connectivity index (χ4v) is 26.4. The smallest absolute Gasteiger partial charge is 0.778 e. The van der Waals surface area contributed by atoms with Crippen LogP contribution >= 0.6 is 115 Å². The van der Waals surface area contributed by atoms with Gasteiger partial charge in [0.05, 0.1) is 97.3 Å². The average molecular weight is 2440 g/mol. The number of pyridine rings is 7. The number of nitrogen functional groups attached to an aromatic ring is 3. The van der Waals surface area contributed by atoms with Gasteiger partial charge in [0.1, 0.15) is 42.8 Å². The minimum atomic E-state index is -1.19. The number of anilines is 6. The molecule has 19 heterocycles. The number of hydrogen-bond donors (Lipinski definition) is 8. The molecule has 4 aliphatic carbocycles. The molecule has 4 saturated heterocycles. The Bertz CT molecular complexity index is 7250. The molecule has 12 N–H and O–H groups in total. The van der Waals surface area contributed by atoms with E-state index in [4.69, 9.17) is 91.9 Å². The third-order valence-electron chi connectivity index (χ3n) is 27.8. The summed E-state index contributed by atoms with van der Waals surface area (Å²) in [5.74, 6) is 3.39. The van der Waals surface area contributed by atoms with E-state index in [0.29, 0.717) is 42.5 Å². The van der Waals surface area contributed by atoms with Crippen molar-refractivity contribution in [2.24, 2.45) is 27.4 Å². The Morgan fingerprint density at radius 1 is 0.409 bits per heavy atom. The summed E-state index contributed by atoms with van der Waals surface area (Å²) in [4.78, 5) is 59.1. The molecule has 149 heavy (non-hydrogen) atoms.